The SMILES string of the molecule is CC(=O)OCC1(COC(C)=O)COC1. The zero-order chi connectivity index (χ0) is 10.6. The van der Waals surface area contributed by atoms with Crippen LogP contribution in [0.4, 0.5) is 0 Å². The Bertz CT molecular complexity index is 211. The Kier molecular flexibility index (Phi) is 3.46. The first-order valence-electron chi connectivity index (χ1n) is 4.39. The molecular formula is C9H14O5. The van der Waals surface area contributed by atoms with Crippen LogP contribution in [0, 0.1) is 5.41 Å². The van der Waals surface area contributed by atoms with Crippen LogP contribution in [0.3, 0.4) is 0 Å². The van der Waals surface area contributed by atoms with Crippen LogP contribution in [0.15, 0.2) is 0 Å². The Labute approximate surface area is 82.3 Å². The van der Waals surface area contributed by atoms with Gasteiger partial charge in [0, 0.05) is 13.8 Å². The second kappa shape index (κ2) is 4.41. The molecular weight excluding hydrogens is 188 g/mol. The van der Waals surface area contributed by atoms with Crippen molar-refractivity contribution in [3.8, 4) is 0 Å². The van der Waals surface area contributed by atoms with Gasteiger partial charge in [-0.05, 0) is 0 Å². The van der Waals surface area contributed by atoms with Gasteiger partial charge in [-0.3, -0.25) is 9.59 Å². The van der Waals surface area contributed by atoms with Gasteiger partial charge >= 0.3 is 11.9 Å². The predicted octanol–water partition coefficient (Wildman–Crippen LogP) is 0.129. The highest BCUT2D eigenvalue weighted by molar-refractivity contribution is 5.66. The molecule has 0 aromatic rings. The summed E-state index contributed by atoms with van der Waals surface area (Å²) in [6.07, 6.45) is 0. The fourth-order valence-corrected chi connectivity index (χ4v) is 1.11. The molecule has 0 N–H and O–H groups in total. The molecule has 0 aromatic heterocycles. The van der Waals surface area contributed by atoms with E-state index in [9.17, 15) is 9.59 Å². The summed E-state index contributed by atoms with van der Waals surface area (Å²) in [5.41, 5.74) is -0.322. The molecule has 0 saturated carbocycles. The normalized spacial score (nSPS) is 18.1. The molecule has 5 nitrogen and oxygen atoms in total. The summed E-state index contributed by atoms with van der Waals surface area (Å²) < 4.78 is 14.8. The molecule has 1 saturated heterocycles. The molecule has 14 heavy (non-hydrogen) atoms. The number of esters is 2. The van der Waals surface area contributed by atoms with E-state index >= 15 is 0 Å². The van der Waals surface area contributed by atoms with Crippen LogP contribution in [0.5, 0.6) is 0 Å². The quantitative estimate of drug-likeness (QED) is 0.606. The Morgan fingerprint density at radius 2 is 1.57 bits per heavy atom. The molecule has 80 valence electrons. The highest BCUT2D eigenvalue weighted by atomic mass is 16.6. The van der Waals surface area contributed by atoms with Crippen molar-refractivity contribution in [1.29, 1.82) is 0 Å². The predicted molar refractivity (Wildman–Crippen MR) is 46.5 cm³/mol. The standard InChI is InChI=1S/C9H14O5/c1-7(10)13-5-9(3-12-4-9)6-14-8(2)11/h3-6H2,1-2H3. The fourth-order valence-electron chi connectivity index (χ4n) is 1.11. The fraction of sp³-hybridized carbons (Fsp3) is 0.778. The number of carbonyl (C=O) groups is 2. The molecule has 0 aliphatic carbocycles. The van der Waals surface area contributed by atoms with Crippen molar-refractivity contribution in [2.75, 3.05) is 26.4 Å². The zero-order valence-electron chi connectivity index (χ0n) is 8.37. The third-order valence-corrected chi connectivity index (χ3v) is 1.98. The van der Waals surface area contributed by atoms with Gasteiger partial charge in [-0.15, -0.1) is 0 Å². The third kappa shape index (κ3) is 2.99. The van der Waals surface area contributed by atoms with Crippen LogP contribution in [-0.4, -0.2) is 38.4 Å². The van der Waals surface area contributed by atoms with Gasteiger partial charge in [-0.1, -0.05) is 0 Å². The molecule has 1 aliphatic rings. The Morgan fingerprint density at radius 1 is 1.14 bits per heavy atom. The topological polar surface area (TPSA) is 61.8 Å². The van der Waals surface area contributed by atoms with Crippen LogP contribution in [-0.2, 0) is 23.8 Å². The van der Waals surface area contributed by atoms with Gasteiger partial charge in [0.15, 0.2) is 0 Å². The van der Waals surface area contributed by atoms with Gasteiger partial charge in [0.25, 0.3) is 0 Å². The summed E-state index contributed by atoms with van der Waals surface area (Å²) in [4.78, 5) is 21.2. The molecule has 0 unspecified atom stereocenters. The van der Waals surface area contributed by atoms with Crippen LogP contribution >= 0.6 is 0 Å². The molecule has 1 heterocycles. The van der Waals surface area contributed by atoms with Crippen LogP contribution in [0.25, 0.3) is 0 Å². The summed E-state index contributed by atoms with van der Waals surface area (Å²) in [6, 6.07) is 0. The minimum Gasteiger partial charge on any atom is -0.465 e. The maximum atomic E-state index is 10.6. The zero-order valence-corrected chi connectivity index (χ0v) is 8.37. The Balaban J connectivity index is 2.33. The molecule has 0 aromatic carbocycles. The maximum Gasteiger partial charge on any atom is 0.302 e. The lowest BCUT2D eigenvalue weighted by molar-refractivity contribution is -0.188. The second-order valence-corrected chi connectivity index (χ2v) is 3.55. The third-order valence-electron chi connectivity index (χ3n) is 1.98. The van der Waals surface area contributed by atoms with Gasteiger partial charge in [0.2, 0.25) is 0 Å². The number of rotatable bonds is 4. The second-order valence-electron chi connectivity index (χ2n) is 3.55. The van der Waals surface area contributed by atoms with E-state index in [-0.39, 0.29) is 30.6 Å². The minimum absolute atomic E-state index is 0.246. The lowest BCUT2D eigenvalue weighted by Gasteiger charge is -2.39. The van der Waals surface area contributed by atoms with Gasteiger partial charge in [0.1, 0.15) is 13.2 Å². The molecule has 5 heteroatoms. The number of carbonyl (C=O) groups excluding carboxylic acids is 2. The molecule has 1 rings (SSSR count). The highest BCUT2D eigenvalue weighted by Gasteiger charge is 2.41. The summed E-state index contributed by atoms with van der Waals surface area (Å²) in [5, 5.41) is 0. The molecule has 0 amide bonds. The molecule has 0 radical (unpaired) electrons. The number of ether oxygens (including phenoxy) is 3. The van der Waals surface area contributed by atoms with E-state index in [0.717, 1.165) is 0 Å². The monoisotopic (exact) mass is 202 g/mol. The van der Waals surface area contributed by atoms with Crippen LogP contribution in [0.1, 0.15) is 13.8 Å². The van der Waals surface area contributed by atoms with E-state index in [1.54, 1.807) is 0 Å². The first-order chi connectivity index (χ1) is 6.54. The van der Waals surface area contributed by atoms with Crippen molar-refractivity contribution in [3.05, 3.63) is 0 Å². The van der Waals surface area contributed by atoms with Crippen molar-refractivity contribution in [1.82, 2.24) is 0 Å². The molecule has 0 bridgehead atoms. The van der Waals surface area contributed by atoms with Gasteiger partial charge in [-0.25, -0.2) is 0 Å². The van der Waals surface area contributed by atoms with E-state index in [0.29, 0.717) is 13.2 Å². The van der Waals surface area contributed by atoms with E-state index < -0.39 is 0 Å². The van der Waals surface area contributed by atoms with Crippen molar-refractivity contribution >= 4 is 11.9 Å². The van der Waals surface area contributed by atoms with Crippen molar-refractivity contribution in [3.63, 3.8) is 0 Å². The summed E-state index contributed by atoms with van der Waals surface area (Å²) in [6.45, 7) is 4.12. The highest BCUT2D eigenvalue weighted by Crippen LogP contribution is 2.28. The first-order valence-corrected chi connectivity index (χ1v) is 4.39. The lowest BCUT2D eigenvalue weighted by Crippen LogP contribution is -2.50. The van der Waals surface area contributed by atoms with Crippen molar-refractivity contribution < 1.29 is 23.8 Å². The van der Waals surface area contributed by atoms with E-state index in [2.05, 4.69) is 0 Å². The lowest BCUT2D eigenvalue weighted by atomic mass is 9.88. The molecule has 0 atom stereocenters. The van der Waals surface area contributed by atoms with E-state index in [1.807, 2.05) is 0 Å². The van der Waals surface area contributed by atoms with Crippen LogP contribution in [0.2, 0.25) is 0 Å². The minimum atomic E-state index is -0.334. The van der Waals surface area contributed by atoms with E-state index in [1.165, 1.54) is 13.8 Å². The molecule has 0 spiro atoms. The van der Waals surface area contributed by atoms with Gasteiger partial charge in [0.05, 0.1) is 18.6 Å². The molecule has 1 aliphatic heterocycles. The Hall–Kier alpha value is -1.10. The smallest absolute Gasteiger partial charge is 0.302 e. The van der Waals surface area contributed by atoms with Gasteiger partial charge in [-0.2, -0.15) is 0 Å². The van der Waals surface area contributed by atoms with Crippen molar-refractivity contribution in [2.45, 2.75) is 13.8 Å². The maximum absolute atomic E-state index is 10.6. The Morgan fingerprint density at radius 3 is 1.79 bits per heavy atom. The molecule has 1 fully saturated rings. The van der Waals surface area contributed by atoms with Crippen molar-refractivity contribution in [2.24, 2.45) is 5.41 Å². The number of hydrogen-bond donors (Lipinski definition) is 0. The van der Waals surface area contributed by atoms with Crippen LogP contribution < -0.4 is 0 Å². The van der Waals surface area contributed by atoms with E-state index in [4.69, 9.17) is 14.2 Å². The summed E-state index contributed by atoms with van der Waals surface area (Å²) in [7, 11) is 0. The van der Waals surface area contributed by atoms with Gasteiger partial charge < -0.3 is 14.2 Å². The first kappa shape index (κ1) is 11.0. The number of hydrogen-bond acceptors (Lipinski definition) is 5. The average Bonchev–Trinajstić information content (AvgIpc) is 2.01. The summed E-state index contributed by atoms with van der Waals surface area (Å²) >= 11 is 0. The summed E-state index contributed by atoms with van der Waals surface area (Å²) in [5.74, 6) is -0.668. The average molecular weight is 202 g/mol. The largest absolute Gasteiger partial charge is 0.465 e.